The number of nitrogens with one attached hydrogen (secondary N) is 1. The van der Waals surface area contributed by atoms with Gasteiger partial charge < -0.3 is 19.7 Å². The van der Waals surface area contributed by atoms with E-state index in [1.54, 1.807) is 11.8 Å². The molecule has 0 bridgehead atoms. The van der Waals surface area contributed by atoms with Gasteiger partial charge in [0, 0.05) is 57.4 Å². The molecule has 2 aliphatic heterocycles. The second kappa shape index (κ2) is 8.50. The first-order valence-corrected chi connectivity index (χ1v) is 9.63. The Balaban J connectivity index is 1.68. The summed E-state index contributed by atoms with van der Waals surface area (Å²) in [6, 6.07) is 0.514. The van der Waals surface area contributed by atoms with E-state index in [2.05, 4.69) is 24.3 Å². The van der Waals surface area contributed by atoms with E-state index in [-0.39, 0.29) is 30.1 Å². The number of ether oxygens (including phenoxy) is 2. The van der Waals surface area contributed by atoms with Gasteiger partial charge in [-0.3, -0.25) is 9.48 Å². The summed E-state index contributed by atoms with van der Waals surface area (Å²) in [4.78, 5) is 14.6. The lowest BCUT2D eigenvalue weighted by atomic mass is 9.93. The highest BCUT2D eigenvalue weighted by atomic mass is 16.5. The van der Waals surface area contributed by atoms with Crippen molar-refractivity contribution in [1.29, 1.82) is 0 Å². The monoisotopic (exact) mass is 364 g/mol. The number of rotatable bonds is 7. The minimum absolute atomic E-state index is 0.0635. The van der Waals surface area contributed by atoms with E-state index < -0.39 is 0 Å². The molecule has 26 heavy (non-hydrogen) atoms. The minimum atomic E-state index is 0.0635. The van der Waals surface area contributed by atoms with Crippen molar-refractivity contribution < 1.29 is 14.3 Å². The first-order valence-electron chi connectivity index (χ1n) is 9.63. The summed E-state index contributed by atoms with van der Waals surface area (Å²) in [5, 5.41) is 8.03. The van der Waals surface area contributed by atoms with E-state index in [1.165, 1.54) is 0 Å². The SMILES string of the molecule is COCCN1C(=O)C[C@@H](CNC2CC(C)OC(C)C2)[C@@H]1c1cnn(C)c1. The van der Waals surface area contributed by atoms with Crippen molar-refractivity contribution in [2.24, 2.45) is 13.0 Å². The average Bonchev–Trinajstić information content (AvgIpc) is 3.13. The van der Waals surface area contributed by atoms with E-state index in [0.29, 0.717) is 25.6 Å². The molecule has 2 saturated heterocycles. The van der Waals surface area contributed by atoms with Crippen LogP contribution in [0.4, 0.5) is 0 Å². The van der Waals surface area contributed by atoms with Crippen molar-refractivity contribution in [3.05, 3.63) is 18.0 Å². The Morgan fingerprint density at radius 2 is 2.08 bits per heavy atom. The number of carbonyl (C=O) groups is 1. The van der Waals surface area contributed by atoms with Crippen LogP contribution in [-0.2, 0) is 21.3 Å². The Hall–Kier alpha value is -1.44. The lowest BCUT2D eigenvalue weighted by molar-refractivity contribution is -0.129. The summed E-state index contributed by atoms with van der Waals surface area (Å²) in [5.41, 5.74) is 1.11. The number of likely N-dealkylation sites (tertiary alicyclic amines) is 1. The highest BCUT2D eigenvalue weighted by Gasteiger charge is 2.41. The van der Waals surface area contributed by atoms with Gasteiger partial charge in [0.25, 0.3) is 0 Å². The second-order valence-electron chi connectivity index (χ2n) is 7.77. The molecule has 1 N–H and O–H groups in total. The minimum Gasteiger partial charge on any atom is -0.383 e. The van der Waals surface area contributed by atoms with Crippen LogP contribution in [0.1, 0.15) is 44.7 Å². The molecule has 0 aliphatic carbocycles. The van der Waals surface area contributed by atoms with Gasteiger partial charge in [0.15, 0.2) is 0 Å². The predicted octanol–water partition coefficient (Wildman–Crippen LogP) is 1.50. The molecule has 1 aromatic heterocycles. The van der Waals surface area contributed by atoms with Crippen molar-refractivity contribution in [2.45, 2.75) is 57.4 Å². The van der Waals surface area contributed by atoms with Gasteiger partial charge in [-0.2, -0.15) is 5.10 Å². The van der Waals surface area contributed by atoms with Crippen LogP contribution in [0.25, 0.3) is 0 Å². The van der Waals surface area contributed by atoms with Crippen LogP contribution in [-0.4, -0.2) is 65.6 Å². The maximum Gasteiger partial charge on any atom is 0.223 e. The highest BCUT2D eigenvalue weighted by molar-refractivity contribution is 5.79. The maximum absolute atomic E-state index is 12.6. The number of hydrogen-bond acceptors (Lipinski definition) is 5. The number of carbonyl (C=O) groups excluding carboxylic acids is 1. The van der Waals surface area contributed by atoms with Crippen LogP contribution in [0.2, 0.25) is 0 Å². The van der Waals surface area contributed by atoms with Crippen molar-refractivity contribution in [2.75, 3.05) is 26.8 Å². The maximum atomic E-state index is 12.6. The van der Waals surface area contributed by atoms with Gasteiger partial charge in [-0.25, -0.2) is 0 Å². The Labute approximate surface area is 156 Å². The zero-order valence-electron chi connectivity index (χ0n) is 16.4. The van der Waals surface area contributed by atoms with Crippen LogP contribution in [0.3, 0.4) is 0 Å². The largest absolute Gasteiger partial charge is 0.383 e. The molecule has 146 valence electrons. The fraction of sp³-hybridized carbons (Fsp3) is 0.789. The number of hydrogen-bond donors (Lipinski definition) is 1. The second-order valence-corrected chi connectivity index (χ2v) is 7.77. The standard InChI is InChI=1S/C19H32N4O3/c1-13-7-17(8-14(2)26-13)20-10-15-9-18(24)23(5-6-25-4)19(15)16-11-21-22(3)12-16/h11-15,17,19-20H,5-10H2,1-4H3/t13?,14?,15-,17?,19+/m0/s1. The lowest BCUT2D eigenvalue weighted by Gasteiger charge is -2.34. The van der Waals surface area contributed by atoms with Gasteiger partial charge in [0.05, 0.1) is 31.1 Å². The molecule has 0 radical (unpaired) electrons. The summed E-state index contributed by atoms with van der Waals surface area (Å²) in [6.07, 6.45) is 7.10. The van der Waals surface area contributed by atoms with Crippen molar-refractivity contribution >= 4 is 5.91 Å². The molecule has 3 rings (SSSR count). The van der Waals surface area contributed by atoms with Crippen LogP contribution < -0.4 is 5.32 Å². The molecule has 1 amide bonds. The Morgan fingerprint density at radius 1 is 1.35 bits per heavy atom. The van der Waals surface area contributed by atoms with Crippen molar-refractivity contribution in [1.82, 2.24) is 20.0 Å². The van der Waals surface area contributed by atoms with Gasteiger partial charge in [-0.05, 0) is 26.7 Å². The van der Waals surface area contributed by atoms with E-state index in [4.69, 9.17) is 9.47 Å². The normalized spacial score (nSPS) is 32.4. The molecule has 0 aromatic carbocycles. The predicted molar refractivity (Wildman–Crippen MR) is 98.7 cm³/mol. The van der Waals surface area contributed by atoms with Crippen LogP contribution in [0, 0.1) is 5.92 Å². The molecule has 2 fully saturated rings. The topological polar surface area (TPSA) is 68.6 Å². The zero-order valence-corrected chi connectivity index (χ0v) is 16.4. The zero-order chi connectivity index (χ0) is 18.7. The number of aromatic nitrogens is 2. The molecule has 7 nitrogen and oxygen atoms in total. The van der Waals surface area contributed by atoms with E-state index in [0.717, 1.165) is 24.9 Å². The third-order valence-corrected chi connectivity index (χ3v) is 5.51. The van der Waals surface area contributed by atoms with Gasteiger partial charge >= 0.3 is 0 Å². The number of aryl methyl sites for hydroxylation is 1. The third-order valence-electron chi connectivity index (χ3n) is 5.51. The molecule has 1 aromatic rings. The van der Waals surface area contributed by atoms with Gasteiger partial charge in [-0.1, -0.05) is 0 Å². The molecular formula is C19H32N4O3. The van der Waals surface area contributed by atoms with Crippen LogP contribution in [0.5, 0.6) is 0 Å². The van der Waals surface area contributed by atoms with Gasteiger partial charge in [0.1, 0.15) is 0 Å². The summed E-state index contributed by atoms with van der Waals surface area (Å²) in [5.74, 6) is 0.452. The molecule has 2 aliphatic rings. The van der Waals surface area contributed by atoms with Gasteiger partial charge in [-0.15, -0.1) is 0 Å². The Bertz CT molecular complexity index is 595. The smallest absolute Gasteiger partial charge is 0.223 e. The molecule has 4 atom stereocenters. The Kier molecular flexibility index (Phi) is 6.32. The van der Waals surface area contributed by atoms with E-state index in [1.807, 2.05) is 24.3 Å². The fourth-order valence-corrected chi connectivity index (χ4v) is 4.43. The van der Waals surface area contributed by atoms with E-state index >= 15 is 0 Å². The van der Waals surface area contributed by atoms with Crippen LogP contribution in [0.15, 0.2) is 12.4 Å². The lowest BCUT2D eigenvalue weighted by Crippen LogP contribution is -2.43. The summed E-state index contributed by atoms with van der Waals surface area (Å²) in [7, 11) is 3.59. The summed E-state index contributed by atoms with van der Waals surface area (Å²) in [6.45, 7) is 6.27. The van der Waals surface area contributed by atoms with E-state index in [9.17, 15) is 4.79 Å². The molecule has 0 saturated carbocycles. The summed E-state index contributed by atoms with van der Waals surface area (Å²) < 4.78 is 12.8. The van der Waals surface area contributed by atoms with Crippen molar-refractivity contribution in [3.63, 3.8) is 0 Å². The number of methoxy groups -OCH3 is 1. The molecule has 0 spiro atoms. The van der Waals surface area contributed by atoms with Crippen LogP contribution >= 0.6 is 0 Å². The molecule has 2 unspecified atom stereocenters. The fourth-order valence-electron chi connectivity index (χ4n) is 4.43. The summed E-state index contributed by atoms with van der Waals surface area (Å²) >= 11 is 0. The molecule has 3 heterocycles. The third kappa shape index (κ3) is 4.45. The number of nitrogens with zero attached hydrogens (tertiary/aromatic N) is 3. The van der Waals surface area contributed by atoms with Crippen molar-refractivity contribution in [3.8, 4) is 0 Å². The van der Waals surface area contributed by atoms with Gasteiger partial charge in [0.2, 0.25) is 5.91 Å². The highest BCUT2D eigenvalue weighted by Crippen LogP contribution is 2.37. The molecule has 7 heteroatoms. The Morgan fingerprint density at radius 3 is 2.69 bits per heavy atom. The average molecular weight is 364 g/mol. The first-order chi connectivity index (χ1) is 12.5. The number of amides is 1. The quantitative estimate of drug-likeness (QED) is 0.794. The first kappa shape index (κ1) is 19.3. The molecular weight excluding hydrogens is 332 g/mol.